The van der Waals surface area contributed by atoms with E-state index in [1.165, 1.54) is 12.1 Å². The summed E-state index contributed by atoms with van der Waals surface area (Å²) in [6.45, 7) is 2.27. The van der Waals surface area contributed by atoms with Crippen molar-refractivity contribution in [1.82, 2.24) is 10.0 Å². The first-order valence-corrected chi connectivity index (χ1v) is 7.97. The Bertz CT molecular complexity index is 818. The number of hydrogen-bond donors (Lipinski definition) is 3. The Labute approximate surface area is 136 Å². The molecule has 0 fully saturated rings. The first-order valence-electron chi connectivity index (χ1n) is 6.99. The molecule has 2 rings (SSSR count). The maximum absolute atomic E-state index is 12.6. The first kappa shape index (κ1) is 16.8. The second-order valence-corrected chi connectivity index (χ2v) is 5.80. The summed E-state index contributed by atoms with van der Waals surface area (Å²) in [6.07, 6.45) is 0.701. The van der Waals surface area contributed by atoms with Gasteiger partial charge < -0.3 is 21.0 Å². The SMILES string of the molecule is CCCNC(=O)c1c(CSC(=N)N)n([O-])c2ccccc2[n+]1=O. The summed E-state index contributed by atoms with van der Waals surface area (Å²) in [7, 11) is 0. The van der Waals surface area contributed by atoms with Gasteiger partial charge in [-0.3, -0.25) is 10.2 Å². The van der Waals surface area contributed by atoms with Crippen LogP contribution < -0.4 is 15.5 Å². The van der Waals surface area contributed by atoms with E-state index in [1.807, 2.05) is 6.92 Å². The molecule has 0 aliphatic heterocycles. The fraction of sp³-hybridized carbons (Fsp3) is 0.286. The molecule has 9 heteroatoms. The number of rotatable bonds is 5. The minimum Gasteiger partial charge on any atom is -0.805 e. The molecule has 0 atom stereocenters. The third kappa shape index (κ3) is 3.45. The molecule has 4 N–H and O–H groups in total. The Morgan fingerprint density at radius 3 is 2.83 bits per heavy atom. The molecule has 0 bridgehead atoms. The number of carbonyl (C=O) groups is 1. The second-order valence-electron chi connectivity index (χ2n) is 4.78. The van der Waals surface area contributed by atoms with E-state index in [-0.39, 0.29) is 33.3 Å². The Balaban J connectivity index is 2.67. The van der Waals surface area contributed by atoms with Crippen LogP contribution in [0.25, 0.3) is 11.0 Å². The number of nitrogens with two attached hydrogens (primary N) is 1. The van der Waals surface area contributed by atoms with Crippen LogP contribution in [0.5, 0.6) is 0 Å². The van der Waals surface area contributed by atoms with Crippen molar-refractivity contribution in [3.8, 4) is 0 Å². The van der Waals surface area contributed by atoms with Crippen molar-refractivity contribution < 1.29 is 9.22 Å². The van der Waals surface area contributed by atoms with Crippen LogP contribution in [-0.2, 0) is 5.75 Å². The van der Waals surface area contributed by atoms with Gasteiger partial charge in [-0.1, -0.05) is 30.8 Å². The number of carbonyl (C=O) groups excluding carboxylic acids is 1. The van der Waals surface area contributed by atoms with Crippen molar-refractivity contribution in [3.63, 3.8) is 0 Å². The number of nitrogens with zero attached hydrogens (tertiary/aromatic N) is 2. The molecule has 1 amide bonds. The maximum Gasteiger partial charge on any atom is 0.347 e. The largest absolute Gasteiger partial charge is 0.805 e. The fourth-order valence-electron chi connectivity index (χ4n) is 2.11. The molecule has 1 heterocycles. The predicted molar refractivity (Wildman–Crippen MR) is 89.9 cm³/mol. The van der Waals surface area contributed by atoms with Gasteiger partial charge in [-0.05, 0) is 12.5 Å². The summed E-state index contributed by atoms with van der Waals surface area (Å²) in [5.41, 5.74) is 5.29. The topological polar surface area (TPSA) is 130 Å². The van der Waals surface area contributed by atoms with Crippen LogP contribution in [0.3, 0.4) is 0 Å². The number of nitrogens with one attached hydrogen (secondary N) is 2. The van der Waals surface area contributed by atoms with Gasteiger partial charge in [-0.25, -0.2) is 0 Å². The van der Waals surface area contributed by atoms with E-state index in [2.05, 4.69) is 5.32 Å². The van der Waals surface area contributed by atoms with Gasteiger partial charge >= 0.3 is 11.6 Å². The van der Waals surface area contributed by atoms with E-state index in [4.69, 9.17) is 11.1 Å². The Hall–Kier alpha value is -2.55. The molecule has 0 saturated heterocycles. The smallest absolute Gasteiger partial charge is 0.347 e. The van der Waals surface area contributed by atoms with Crippen LogP contribution in [0.15, 0.2) is 24.3 Å². The lowest BCUT2D eigenvalue weighted by Gasteiger charge is -2.18. The van der Waals surface area contributed by atoms with Crippen LogP contribution in [0.4, 0.5) is 0 Å². The van der Waals surface area contributed by atoms with E-state index in [0.717, 1.165) is 11.8 Å². The second kappa shape index (κ2) is 7.14. The van der Waals surface area contributed by atoms with E-state index < -0.39 is 5.91 Å². The highest BCUT2D eigenvalue weighted by Crippen LogP contribution is 2.19. The Kier molecular flexibility index (Phi) is 5.22. The molecule has 1 aromatic carbocycles. The molecule has 0 unspecified atom stereocenters. The highest BCUT2D eigenvalue weighted by molar-refractivity contribution is 8.13. The molecular formula is C14H17N5O3S. The van der Waals surface area contributed by atoms with Crippen molar-refractivity contribution in [2.45, 2.75) is 19.1 Å². The molecule has 2 aromatic rings. The van der Waals surface area contributed by atoms with Crippen LogP contribution in [0, 0.1) is 15.5 Å². The minimum absolute atomic E-state index is 0.0208. The lowest BCUT2D eigenvalue weighted by molar-refractivity contribution is -0.468. The van der Waals surface area contributed by atoms with E-state index in [9.17, 15) is 14.9 Å². The zero-order valence-corrected chi connectivity index (χ0v) is 13.4. The van der Waals surface area contributed by atoms with E-state index in [1.54, 1.807) is 12.1 Å². The van der Waals surface area contributed by atoms with Crippen LogP contribution in [0.1, 0.15) is 29.5 Å². The monoisotopic (exact) mass is 335 g/mol. The number of amidine groups is 1. The normalized spacial score (nSPS) is 10.7. The quantitative estimate of drug-likeness (QED) is 0.429. The molecule has 0 radical (unpaired) electrons. The number of aromatic nitrogens is 2. The molecular weight excluding hydrogens is 318 g/mol. The van der Waals surface area contributed by atoms with Gasteiger partial charge in [0.2, 0.25) is 0 Å². The molecule has 1 aromatic heterocycles. The zero-order chi connectivity index (χ0) is 17.0. The highest BCUT2D eigenvalue weighted by Gasteiger charge is 2.28. The van der Waals surface area contributed by atoms with Crippen molar-refractivity contribution >= 4 is 33.9 Å². The summed E-state index contributed by atoms with van der Waals surface area (Å²) >= 11 is 0.879. The summed E-state index contributed by atoms with van der Waals surface area (Å²) in [5, 5.41) is 22.2. The van der Waals surface area contributed by atoms with Crippen molar-refractivity contribution in [2.75, 3.05) is 6.54 Å². The minimum atomic E-state index is -0.614. The molecule has 23 heavy (non-hydrogen) atoms. The first-order chi connectivity index (χ1) is 11.0. The van der Waals surface area contributed by atoms with Gasteiger partial charge in [0.25, 0.3) is 5.52 Å². The van der Waals surface area contributed by atoms with E-state index >= 15 is 0 Å². The van der Waals surface area contributed by atoms with Gasteiger partial charge in [0.15, 0.2) is 5.17 Å². The van der Waals surface area contributed by atoms with Crippen molar-refractivity contribution in [3.05, 3.63) is 45.8 Å². The van der Waals surface area contributed by atoms with Crippen LogP contribution >= 0.6 is 11.8 Å². The van der Waals surface area contributed by atoms with Crippen molar-refractivity contribution in [1.29, 1.82) is 5.41 Å². The fourth-order valence-corrected chi connectivity index (χ4v) is 2.65. The van der Waals surface area contributed by atoms with E-state index in [0.29, 0.717) is 22.1 Å². The average Bonchev–Trinajstić information content (AvgIpc) is 2.54. The highest BCUT2D eigenvalue weighted by atomic mass is 32.2. The van der Waals surface area contributed by atoms with Crippen LogP contribution in [-0.4, -0.2) is 22.3 Å². The molecule has 0 aliphatic rings. The van der Waals surface area contributed by atoms with Gasteiger partial charge in [-0.15, -0.1) is 0 Å². The standard InChI is InChI=1S/C14H17N5O3S/c1-2-7-17-13(20)12-11(8-23-14(15)16)18(21)9-5-3-4-6-10(9)19(12)22/h3-6H,2,7-8H2,1H3,(H3,15,16)(H,17,20). The van der Waals surface area contributed by atoms with Gasteiger partial charge in [0, 0.05) is 23.3 Å². The summed E-state index contributed by atoms with van der Waals surface area (Å²) in [5.74, 6) is -0.655. The molecule has 0 aliphatic carbocycles. The summed E-state index contributed by atoms with van der Waals surface area (Å²) in [4.78, 5) is 24.9. The van der Waals surface area contributed by atoms with Gasteiger partial charge in [0.05, 0.1) is 4.43 Å². The number of fused-ring (bicyclic) bond motifs is 1. The lowest BCUT2D eigenvalue weighted by Crippen LogP contribution is -2.37. The number of benzene rings is 1. The predicted octanol–water partition coefficient (Wildman–Crippen LogP) is 1.17. The van der Waals surface area contributed by atoms with Gasteiger partial charge in [-0.2, -0.15) is 0 Å². The maximum atomic E-state index is 12.6. The molecule has 0 spiro atoms. The average molecular weight is 335 g/mol. The van der Waals surface area contributed by atoms with Crippen molar-refractivity contribution in [2.24, 2.45) is 5.73 Å². The number of hydrogen-bond acceptors (Lipinski definition) is 5. The number of thioether (sulfide) groups is 1. The van der Waals surface area contributed by atoms with Gasteiger partial charge in [0.1, 0.15) is 11.2 Å². The molecule has 8 nitrogen and oxygen atoms in total. The number of amides is 1. The lowest BCUT2D eigenvalue weighted by atomic mass is 10.2. The number of para-hydroxylation sites is 2. The summed E-state index contributed by atoms with van der Waals surface area (Å²) < 4.78 is 1.02. The molecule has 0 saturated carbocycles. The van der Waals surface area contributed by atoms with Crippen LogP contribution in [0.2, 0.25) is 0 Å². The molecule has 122 valence electrons. The third-order valence-electron chi connectivity index (χ3n) is 3.16. The zero-order valence-electron chi connectivity index (χ0n) is 12.5. The Morgan fingerprint density at radius 2 is 2.17 bits per heavy atom. The summed E-state index contributed by atoms with van der Waals surface area (Å²) in [6, 6.07) is 6.24. The third-order valence-corrected chi connectivity index (χ3v) is 3.88. The Morgan fingerprint density at radius 1 is 1.48 bits per heavy atom.